The van der Waals surface area contributed by atoms with Crippen LogP contribution in [-0.4, -0.2) is 18.3 Å². The molecule has 25 heavy (non-hydrogen) atoms. The predicted molar refractivity (Wildman–Crippen MR) is 97.4 cm³/mol. The molecular formula is C20H24N2O3. The zero-order valence-corrected chi connectivity index (χ0v) is 14.9. The van der Waals surface area contributed by atoms with Crippen LogP contribution in [0, 0.1) is 13.8 Å². The van der Waals surface area contributed by atoms with E-state index in [1.165, 1.54) is 31.0 Å². The van der Waals surface area contributed by atoms with Crippen molar-refractivity contribution in [3.8, 4) is 5.75 Å². The summed E-state index contributed by atoms with van der Waals surface area (Å²) in [7, 11) is 1.48. The molecule has 2 N–H and O–H groups in total. The summed E-state index contributed by atoms with van der Waals surface area (Å²) in [6.07, 6.45) is 2.38. The van der Waals surface area contributed by atoms with Crippen molar-refractivity contribution in [1.82, 2.24) is 5.32 Å². The maximum absolute atomic E-state index is 11.8. The molecule has 0 atom stereocenters. The Labute approximate surface area is 148 Å². The highest BCUT2D eigenvalue weighted by Crippen LogP contribution is 2.41. The lowest BCUT2D eigenvalue weighted by Crippen LogP contribution is -2.36. The van der Waals surface area contributed by atoms with Crippen molar-refractivity contribution < 1.29 is 14.7 Å². The molecule has 3 rings (SSSR count). The van der Waals surface area contributed by atoms with Gasteiger partial charge in [0.15, 0.2) is 0 Å². The van der Waals surface area contributed by atoms with Gasteiger partial charge in [0, 0.05) is 12.6 Å². The van der Waals surface area contributed by atoms with Gasteiger partial charge in [0.05, 0.1) is 5.69 Å². The number of aryl methyl sites for hydroxylation is 2. The van der Waals surface area contributed by atoms with Crippen LogP contribution in [0.2, 0.25) is 0 Å². The molecule has 5 nitrogen and oxygen atoms in total. The molecule has 1 aliphatic rings. The molecule has 1 saturated carbocycles. The second kappa shape index (κ2) is 7.15. The fourth-order valence-electron chi connectivity index (χ4n) is 2.93. The number of amides is 2. The molecule has 2 aromatic carbocycles. The third kappa shape index (κ3) is 3.94. The fraction of sp³-hybridized carbons (Fsp3) is 0.350. The minimum absolute atomic E-state index is 0.286. The van der Waals surface area contributed by atoms with E-state index in [1.807, 2.05) is 38.1 Å². The minimum Gasteiger partial charge on any atom is -0.489 e. The zero-order valence-electron chi connectivity index (χ0n) is 14.9. The Morgan fingerprint density at radius 3 is 2.64 bits per heavy atom. The zero-order chi connectivity index (χ0) is 18.0. The number of nitrogens with one attached hydrogen (secondary N) is 1. The van der Waals surface area contributed by atoms with Crippen molar-refractivity contribution >= 4 is 11.7 Å². The molecule has 0 aromatic heterocycles. The summed E-state index contributed by atoms with van der Waals surface area (Å²) in [5.41, 5.74) is 4.70. The molecule has 0 spiro atoms. The molecule has 0 bridgehead atoms. The van der Waals surface area contributed by atoms with E-state index < -0.39 is 6.03 Å². The molecule has 132 valence electrons. The first-order valence-electron chi connectivity index (χ1n) is 8.53. The van der Waals surface area contributed by atoms with E-state index in [0.29, 0.717) is 16.7 Å². The molecule has 0 unspecified atom stereocenters. The van der Waals surface area contributed by atoms with Gasteiger partial charge < -0.3 is 10.1 Å². The summed E-state index contributed by atoms with van der Waals surface area (Å²) < 4.78 is 5.97. The first kappa shape index (κ1) is 17.3. The highest BCUT2D eigenvalue weighted by Gasteiger charge is 2.25. The lowest BCUT2D eigenvalue weighted by atomic mass is 10.1. The summed E-state index contributed by atoms with van der Waals surface area (Å²) in [6, 6.07) is 11.2. The van der Waals surface area contributed by atoms with Crippen molar-refractivity contribution in [2.24, 2.45) is 0 Å². The second-order valence-electron chi connectivity index (χ2n) is 6.59. The highest BCUT2D eigenvalue weighted by atomic mass is 16.5. The first-order valence-corrected chi connectivity index (χ1v) is 8.53. The normalized spacial score (nSPS) is 13.4. The van der Waals surface area contributed by atoms with Gasteiger partial charge in [-0.05, 0) is 61.9 Å². The van der Waals surface area contributed by atoms with Crippen LogP contribution in [0.3, 0.4) is 0 Å². The van der Waals surface area contributed by atoms with Gasteiger partial charge in [0.2, 0.25) is 0 Å². The average Bonchev–Trinajstić information content (AvgIpc) is 3.44. The largest absolute Gasteiger partial charge is 0.489 e. The molecular weight excluding hydrogens is 316 g/mol. The summed E-state index contributed by atoms with van der Waals surface area (Å²) >= 11 is 0. The van der Waals surface area contributed by atoms with Crippen LogP contribution in [0.4, 0.5) is 10.5 Å². The van der Waals surface area contributed by atoms with E-state index >= 15 is 0 Å². The monoisotopic (exact) mass is 340 g/mol. The lowest BCUT2D eigenvalue weighted by Gasteiger charge is -2.20. The van der Waals surface area contributed by atoms with Crippen LogP contribution in [0.15, 0.2) is 36.4 Å². The smallest absolute Gasteiger partial charge is 0.345 e. The summed E-state index contributed by atoms with van der Waals surface area (Å²) in [5.74, 6) is 1.39. The number of carbonyl (C=O) groups excluding carboxylic acids is 1. The Morgan fingerprint density at radius 1 is 1.24 bits per heavy atom. The molecule has 2 amide bonds. The third-order valence-corrected chi connectivity index (χ3v) is 4.50. The van der Waals surface area contributed by atoms with E-state index in [1.54, 1.807) is 6.07 Å². The number of benzene rings is 2. The van der Waals surface area contributed by atoms with Gasteiger partial charge in [-0.2, -0.15) is 5.06 Å². The number of urea groups is 1. The predicted octanol–water partition coefficient (Wildman–Crippen LogP) is 4.29. The number of anilines is 1. The maximum Gasteiger partial charge on any atom is 0.345 e. The Kier molecular flexibility index (Phi) is 4.95. The van der Waals surface area contributed by atoms with Gasteiger partial charge in [-0.25, -0.2) is 4.79 Å². The quantitative estimate of drug-likeness (QED) is 0.630. The van der Waals surface area contributed by atoms with Crippen LogP contribution >= 0.6 is 0 Å². The van der Waals surface area contributed by atoms with Crippen LogP contribution in [0.1, 0.15) is 41.0 Å². The van der Waals surface area contributed by atoms with Gasteiger partial charge in [-0.3, -0.25) is 5.21 Å². The summed E-state index contributed by atoms with van der Waals surface area (Å²) in [4.78, 5) is 11.8. The van der Waals surface area contributed by atoms with E-state index in [2.05, 4.69) is 11.4 Å². The van der Waals surface area contributed by atoms with Gasteiger partial charge in [0.25, 0.3) is 0 Å². The third-order valence-electron chi connectivity index (χ3n) is 4.50. The second-order valence-corrected chi connectivity index (χ2v) is 6.59. The van der Waals surface area contributed by atoms with Crippen molar-refractivity contribution in [3.05, 3.63) is 58.7 Å². The number of rotatable bonds is 5. The van der Waals surface area contributed by atoms with Gasteiger partial charge in [0.1, 0.15) is 12.4 Å². The van der Waals surface area contributed by atoms with E-state index in [-0.39, 0.29) is 6.61 Å². The standard InChI is InChI=1S/C20H24N2O3/c1-13-4-9-19(14(2)10-13)25-12-17-11-16(15-5-6-15)7-8-18(17)22(24)20(23)21-3/h4,7-11,15,24H,5-6,12H2,1-3H3,(H,21,23). The molecule has 1 fully saturated rings. The molecule has 0 heterocycles. The van der Waals surface area contributed by atoms with E-state index in [4.69, 9.17) is 4.74 Å². The number of nitrogens with zero attached hydrogens (tertiary/aromatic N) is 1. The highest BCUT2D eigenvalue weighted by molar-refractivity contribution is 5.90. The van der Waals surface area contributed by atoms with Crippen LogP contribution < -0.4 is 15.1 Å². The number of hydroxylamine groups is 1. The SMILES string of the molecule is CNC(=O)N(O)c1ccc(C2CC2)cc1COc1ccc(C)cc1C. The van der Waals surface area contributed by atoms with Gasteiger partial charge in [-0.15, -0.1) is 0 Å². The van der Waals surface area contributed by atoms with Gasteiger partial charge >= 0.3 is 6.03 Å². The van der Waals surface area contributed by atoms with Crippen LogP contribution in [-0.2, 0) is 6.61 Å². The van der Waals surface area contributed by atoms with Gasteiger partial charge in [-0.1, -0.05) is 23.8 Å². The molecule has 0 radical (unpaired) electrons. The first-order chi connectivity index (χ1) is 12.0. The van der Waals surface area contributed by atoms with E-state index in [9.17, 15) is 10.0 Å². The van der Waals surface area contributed by atoms with E-state index in [0.717, 1.165) is 16.9 Å². The minimum atomic E-state index is -0.577. The van der Waals surface area contributed by atoms with Crippen molar-refractivity contribution in [1.29, 1.82) is 0 Å². The average molecular weight is 340 g/mol. The lowest BCUT2D eigenvalue weighted by molar-refractivity contribution is 0.205. The summed E-state index contributed by atoms with van der Waals surface area (Å²) in [6.45, 7) is 4.33. The number of hydrogen-bond acceptors (Lipinski definition) is 3. The Bertz CT molecular complexity index is 785. The number of ether oxygens (including phenoxy) is 1. The maximum atomic E-state index is 11.8. The molecule has 2 aromatic rings. The fourth-order valence-corrected chi connectivity index (χ4v) is 2.93. The van der Waals surface area contributed by atoms with Crippen molar-refractivity contribution in [2.75, 3.05) is 12.1 Å². The molecule has 0 aliphatic heterocycles. The molecule has 1 aliphatic carbocycles. The number of carbonyl (C=O) groups is 1. The van der Waals surface area contributed by atoms with Crippen LogP contribution in [0.25, 0.3) is 0 Å². The molecule has 0 saturated heterocycles. The van der Waals surface area contributed by atoms with Crippen molar-refractivity contribution in [2.45, 2.75) is 39.2 Å². The molecule has 5 heteroatoms. The summed E-state index contributed by atoms with van der Waals surface area (Å²) in [5, 5.41) is 13.2. The Hall–Kier alpha value is -2.53. The topological polar surface area (TPSA) is 61.8 Å². The Balaban J connectivity index is 1.86. The number of hydrogen-bond donors (Lipinski definition) is 2. The van der Waals surface area contributed by atoms with Crippen molar-refractivity contribution in [3.63, 3.8) is 0 Å². The van der Waals surface area contributed by atoms with Crippen LogP contribution in [0.5, 0.6) is 5.75 Å². The Morgan fingerprint density at radius 2 is 2.00 bits per heavy atom.